The van der Waals surface area contributed by atoms with E-state index in [0.29, 0.717) is 22.1 Å². The van der Waals surface area contributed by atoms with Gasteiger partial charge in [-0.3, -0.25) is 4.57 Å². The zero-order valence-corrected chi connectivity index (χ0v) is 16.6. The summed E-state index contributed by atoms with van der Waals surface area (Å²) in [5, 5.41) is 4.80. The second kappa shape index (κ2) is 6.42. The van der Waals surface area contributed by atoms with Gasteiger partial charge in [0, 0.05) is 23.7 Å². The van der Waals surface area contributed by atoms with E-state index < -0.39 is 21.6 Å². The van der Waals surface area contributed by atoms with Crippen LogP contribution < -0.4 is 0 Å². The first-order valence-corrected chi connectivity index (χ1v) is 10.4. The van der Waals surface area contributed by atoms with Gasteiger partial charge in [0.15, 0.2) is 20.5 Å². The highest BCUT2D eigenvalue weighted by atomic mass is 35.5. The Morgan fingerprint density at radius 2 is 1.90 bits per heavy atom. The maximum Gasteiger partial charge on any atom is 0.417 e. The maximum atomic E-state index is 13.0. The van der Waals surface area contributed by atoms with Gasteiger partial charge in [-0.25, -0.2) is 18.4 Å². The third-order valence-electron chi connectivity index (χ3n) is 4.47. The molecule has 4 rings (SSSR count). The van der Waals surface area contributed by atoms with Crippen LogP contribution in [0.15, 0.2) is 35.5 Å². The number of imidazole rings is 1. The Bertz CT molecular complexity index is 1380. The molecule has 0 saturated heterocycles. The van der Waals surface area contributed by atoms with E-state index in [-0.39, 0.29) is 27.9 Å². The molecule has 152 valence electrons. The molecular weight excluding hydrogens is 431 g/mol. The zero-order valence-electron chi connectivity index (χ0n) is 15.1. The number of benzene rings is 1. The molecule has 0 amide bonds. The molecule has 0 aliphatic carbocycles. The molecule has 3 aromatic heterocycles. The molecule has 1 aromatic carbocycles. The molecule has 4 aromatic rings. The van der Waals surface area contributed by atoms with Crippen molar-refractivity contribution in [1.29, 1.82) is 0 Å². The number of rotatable bonds is 3. The largest absolute Gasteiger partial charge is 0.417 e. The van der Waals surface area contributed by atoms with Crippen molar-refractivity contribution in [3.05, 3.63) is 41.0 Å². The second-order valence-corrected chi connectivity index (χ2v) is 8.95. The molecule has 0 atom stereocenters. The SMILES string of the molecule is CCS(=O)(=O)c1c2cc(Cl)ccc2nn1-c1nc2cc(C(F)(F)F)cnc2n1C. The fraction of sp³-hybridized carbons (Fsp3) is 0.235. The Morgan fingerprint density at radius 3 is 2.55 bits per heavy atom. The molecule has 0 bridgehead atoms. The minimum atomic E-state index is -4.58. The molecule has 29 heavy (non-hydrogen) atoms. The molecule has 7 nitrogen and oxygen atoms in total. The van der Waals surface area contributed by atoms with Crippen molar-refractivity contribution in [3.63, 3.8) is 0 Å². The molecule has 0 radical (unpaired) electrons. The van der Waals surface area contributed by atoms with Crippen molar-refractivity contribution < 1.29 is 21.6 Å². The summed E-state index contributed by atoms with van der Waals surface area (Å²) >= 11 is 6.03. The van der Waals surface area contributed by atoms with Gasteiger partial charge in [0.1, 0.15) is 5.52 Å². The monoisotopic (exact) mass is 443 g/mol. The number of alkyl halides is 3. The molecule has 0 N–H and O–H groups in total. The highest BCUT2D eigenvalue weighted by Crippen LogP contribution is 2.32. The Hall–Kier alpha value is -2.66. The predicted octanol–water partition coefficient (Wildman–Crippen LogP) is 3.77. The summed E-state index contributed by atoms with van der Waals surface area (Å²) < 4.78 is 67.1. The van der Waals surface area contributed by atoms with E-state index in [1.165, 1.54) is 24.6 Å². The Labute approximate surface area is 167 Å². The van der Waals surface area contributed by atoms with E-state index in [1.54, 1.807) is 12.1 Å². The van der Waals surface area contributed by atoms with Crippen LogP contribution in [0, 0.1) is 0 Å². The molecule has 0 aliphatic rings. The van der Waals surface area contributed by atoms with Crippen LogP contribution in [0.1, 0.15) is 12.5 Å². The van der Waals surface area contributed by atoms with Crippen molar-refractivity contribution in [3.8, 4) is 5.95 Å². The summed E-state index contributed by atoms with van der Waals surface area (Å²) in [6.07, 6.45) is -3.87. The van der Waals surface area contributed by atoms with E-state index in [4.69, 9.17) is 11.6 Å². The van der Waals surface area contributed by atoms with Gasteiger partial charge in [-0.2, -0.15) is 23.0 Å². The number of hydrogen-bond acceptors (Lipinski definition) is 5. The lowest BCUT2D eigenvalue weighted by molar-refractivity contribution is -0.137. The fourth-order valence-electron chi connectivity index (χ4n) is 3.01. The molecule has 12 heteroatoms. The van der Waals surface area contributed by atoms with Crippen LogP contribution in [0.4, 0.5) is 13.2 Å². The van der Waals surface area contributed by atoms with E-state index in [2.05, 4.69) is 15.1 Å². The van der Waals surface area contributed by atoms with Crippen LogP contribution in [0.3, 0.4) is 0 Å². The molecular formula is C17H13ClF3N5O2S. The Morgan fingerprint density at radius 1 is 1.17 bits per heavy atom. The zero-order chi connectivity index (χ0) is 21.1. The topological polar surface area (TPSA) is 82.7 Å². The first-order valence-electron chi connectivity index (χ1n) is 8.34. The molecule has 0 unspecified atom stereocenters. The first kappa shape index (κ1) is 19.6. The minimum absolute atomic E-state index is 0.0196. The maximum absolute atomic E-state index is 13.0. The molecule has 0 aliphatic heterocycles. The Kier molecular flexibility index (Phi) is 4.35. The van der Waals surface area contributed by atoms with Crippen LogP contribution in [-0.2, 0) is 23.1 Å². The number of sulfone groups is 1. The van der Waals surface area contributed by atoms with Crippen molar-refractivity contribution in [2.75, 3.05) is 5.75 Å². The second-order valence-electron chi connectivity index (χ2n) is 6.32. The lowest BCUT2D eigenvalue weighted by Gasteiger charge is -2.07. The third-order valence-corrected chi connectivity index (χ3v) is 6.44. The van der Waals surface area contributed by atoms with Crippen LogP contribution in [0.5, 0.6) is 0 Å². The van der Waals surface area contributed by atoms with Gasteiger partial charge in [-0.05, 0) is 24.3 Å². The van der Waals surface area contributed by atoms with Gasteiger partial charge in [-0.1, -0.05) is 18.5 Å². The fourth-order valence-corrected chi connectivity index (χ4v) is 4.34. The first-order chi connectivity index (χ1) is 13.5. The average Bonchev–Trinajstić information content (AvgIpc) is 3.18. The Balaban J connectivity index is 2.06. The number of aromatic nitrogens is 5. The van der Waals surface area contributed by atoms with Crippen molar-refractivity contribution in [2.45, 2.75) is 18.1 Å². The van der Waals surface area contributed by atoms with Crippen LogP contribution in [0.25, 0.3) is 28.0 Å². The summed E-state index contributed by atoms with van der Waals surface area (Å²) in [5.74, 6) is -0.188. The van der Waals surface area contributed by atoms with E-state index >= 15 is 0 Å². The molecule has 0 spiro atoms. The minimum Gasteiger partial charge on any atom is -0.296 e. The van der Waals surface area contributed by atoms with Crippen molar-refractivity contribution in [1.82, 2.24) is 24.3 Å². The van der Waals surface area contributed by atoms with Crippen LogP contribution in [-0.4, -0.2) is 38.5 Å². The number of pyridine rings is 1. The summed E-state index contributed by atoms with van der Waals surface area (Å²) in [6.45, 7) is 1.48. The lowest BCUT2D eigenvalue weighted by atomic mass is 10.2. The predicted molar refractivity (Wildman–Crippen MR) is 101 cm³/mol. The van der Waals surface area contributed by atoms with Gasteiger partial charge in [0.2, 0.25) is 5.95 Å². The van der Waals surface area contributed by atoms with Gasteiger partial charge in [-0.15, -0.1) is 0 Å². The molecule has 0 fully saturated rings. The number of halogens is 4. The van der Waals surface area contributed by atoms with Crippen molar-refractivity contribution in [2.24, 2.45) is 7.05 Å². The van der Waals surface area contributed by atoms with Gasteiger partial charge in [0.05, 0.1) is 16.8 Å². The molecule has 3 heterocycles. The van der Waals surface area contributed by atoms with E-state index in [0.717, 1.165) is 10.7 Å². The standard InChI is InChI=1S/C17H13ClF3N5O2S/c1-3-29(27,28)15-11-7-10(18)4-5-12(11)24-26(15)16-23-13-6-9(17(19,20)21)8-22-14(13)25(16)2/h4-8H,3H2,1-2H3. The highest BCUT2D eigenvalue weighted by molar-refractivity contribution is 7.91. The number of nitrogens with zero attached hydrogens (tertiary/aromatic N) is 5. The summed E-state index contributed by atoms with van der Waals surface area (Å²) in [6, 6.07) is 5.46. The highest BCUT2D eigenvalue weighted by Gasteiger charge is 2.32. The van der Waals surface area contributed by atoms with E-state index in [1.807, 2.05) is 0 Å². The van der Waals surface area contributed by atoms with Gasteiger partial charge >= 0.3 is 6.18 Å². The van der Waals surface area contributed by atoms with Crippen LogP contribution >= 0.6 is 11.6 Å². The third kappa shape index (κ3) is 3.14. The smallest absolute Gasteiger partial charge is 0.296 e. The summed E-state index contributed by atoms with van der Waals surface area (Å²) in [7, 11) is -2.25. The lowest BCUT2D eigenvalue weighted by Crippen LogP contribution is -2.14. The quantitative estimate of drug-likeness (QED) is 0.481. The van der Waals surface area contributed by atoms with E-state index in [9.17, 15) is 21.6 Å². The number of hydrogen-bond donors (Lipinski definition) is 0. The summed E-state index contributed by atoms with van der Waals surface area (Å²) in [4.78, 5) is 8.03. The molecule has 0 saturated carbocycles. The van der Waals surface area contributed by atoms with Crippen molar-refractivity contribution >= 4 is 43.5 Å². The summed E-state index contributed by atoms with van der Waals surface area (Å²) in [5.41, 5.74) is -0.467. The van der Waals surface area contributed by atoms with Gasteiger partial charge in [0.25, 0.3) is 0 Å². The number of aryl methyl sites for hydroxylation is 1. The van der Waals surface area contributed by atoms with Crippen LogP contribution in [0.2, 0.25) is 5.02 Å². The average molecular weight is 444 g/mol. The van der Waals surface area contributed by atoms with Gasteiger partial charge < -0.3 is 0 Å². The normalized spacial score (nSPS) is 12.9. The number of fused-ring (bicyclic) bond motifs is 2.